The van der Waals surface area contributed by atoms with Crippen LogP contribution in [0, 0.1) is 0 Å². The predicted octanol–water partition coefficient (Wildman–Crippen LogP) is 0.994. The molecule has 0 spiro atoms. The quantitative estimate of drug-likeness (QED) is 0.841. The molecule has 0 aliphatic carbocycles. The molecule has 4 nitrogen and oxygen atoms in total. The van der Waals surface area contributed by atoms with Crippen molar-refractivity contribution in [3.05, 3.63) is 23.8 Å². The van der Waals surface area contributed by atoms with Crippen LogP contribution in [-0.2, 0) is 13.0 Å². The van der Waals surface area contributed by atoms with E-state index >= 15 is 0 Å². The van der Waals surface area contributed by atoms with Gasteiger partial charge in [-0.1, -0.05) is 0 Å². The van der Waals surface area contributed by atoms with Crippen molar-refractivity contribution in [3.63, 3.8) is 0 Å². The number of halogens is 1. The SMILES string of the molecule is CC(C)(N)CN1CCc2cncnc2C1.Cl. The van der Waals surface area contributed by atoms with Gasteiger partial charge in [0.1, 0.15) is 6.33 Å². The monoisotopic (exact) mass is 242 g/mol. The summed E-state index contributed by atoms with van der Waals surface area (Å²) in [7, 11) is 0. The summed E-state index contributed by atoms with van der Waals surface area (Å²) in [4.78, 5) is 10.7. The Morgan fingerprint density at radius 2 is 2.25 bits per heavy atom. The molecule has 1 aliphatic heterocycles. The Kier molecular flexibility index (Phi) is 4.24. The molecular weight excluding hydrogens is 224 g/mol. The Hall–Kier alpha value is -0.710. The summed E-state index contributed by atoms with van der Waals surface area (Å²) in [5.74, 6) is 0. The van der Waals surface area contributed by atoms with Crippen LogP contribution < -0.4 is 5.73 Å². The van der Waals surface area contributed by atoms with E-state index in [0.717, 1.165) is 31.7 Å². The number of fused-ring (bicyclic) bond motifs is 1. The fourth-order valence-corrected chi connectivity index (χ4v) is 2.02. The lowest BCUT2D eigenvalue weighted by atomic mass is 10.0. The van der Waals surface area contributed by atoms with Crippen LogP contribution in [0.1, 0.15) is 25.1 Å². The zero-order valence-electron chi connectivity index (χ0n) is 9.81. The van der Waals surface area contributed by atoms with E-state index in [1.807, 2.05) is 6.20 Å². The Labute approximate surface area is 103 Å². The molecule has 0 fully saturated rings. The van der Waals surface area contributed by atoms with Gasteiger partial charge in [-0.2, -0.15) is 0 Å². The van der Waals surface area contributed by atoms with Crippen LogP contribution in [0.5, 0.6) is 0 Å². The van der Waals surface area contributed by atoms with Crippen molar-refractivity contribution in [2.75, 3.05) is 13.1 Å². The van der Waals surface area contributed by atoms with Crippen LogP contribution in [-0.4, -0.2) is 33.5 Å². The van der Waals surface area contributed by atoms with E-state index in [-0.39, 0.29) is 17.9 Å². The minimum Gasteiger partial charge on any atom is -0.324 e. The van der Waals surface area contributed by atoms with E-state index in [1.54, 1.807) is 6.33 Å². The molecule has 16 heavy (non-hydrogen) atoms. The van der Waals surface area contributed by atoms with Gasteiger partial charge in [0.2, 0.25) is 0 Å². The van der Waals surface area contributed by atoms with E-state index in [2.05, 4.69) is 28.7 Å². The minimum atomic E-state index is -0.134. The molecule has 0 saturated heterocycles. The molecule has 0 aromatic carbocycles. The van der Waals surface area contributed by atoms with Crippen molar-refractivity contribution in [2.45, 2.75) is 32.4 Å². The normalized spacial score (nSPS) is 16.4. The van der Waals surface area contributed by atoms with Crippen LogP contribution in [0.2, 0.25) is 0 Å². The van der Waals surface area contributed by atoms with Crippen LogP contribution in [0.4, 0.5) is 0 Å². The molecule has 5 heteroatoms. The first-order chi connectivity index (χ1) is 7.04. The van der Waals surface area contributed by atoms with Crippen molar-refractivity contribution in [1.29, 1.82) is 0 Å². The summed E-state index contributed by atoms with van der Waals surface area (Å²) in [6, 6.07) is 0. The highest BCUT2D eigenvalue weighted by atomic mass is 35.5. The lowest BCUT2D eigenvalue weighted by Gasteiger charge is -2.32. The molecule has 0 bridgehead atoms. The largest absolute Gasteiger partial charge is 0.324 e. The first-order valence-electron chi connectivity index (χ1n) is 5.33. The third kappa shape index (κ3) is 3.40. The van der Waals surface area contributed by atoms with Crippen molar-refractivity contribution in [3.8, 4) is 0 Å². The Morgan fingerprint density at radius 1 is 1.50 bits per heavy atom. The van der Waals surface area contributed by atoms with Gasteiger partial charge in [-0.25, -0.2) is 9.97 Å². The topological polar surface area (TPSA) is 55.0 Å². The van der Waals surface area contributed by atoms with Crippen LogP contribution in [0.15, 0.2) is 12.5 Å². The molecule has 2 rings (SSSR count). The van der Waals surface area contributed by atoms with Crippen molar-refractivity contribution in [2.24, 2.45) is 5.73 Å². The number of hydrogen-bond donors (Lipinski definition) is 1. The second kappa shape index (κ2) is 5.08. The summed E-state index contributed by atoms with van der Waals surface area (Å²) in [6.45, 7) is 6.99. The van der Waals surface area contributed by atoms with Crippen LogP contribution in [0.3, 0.4) is 0 Å². The van der Waals surface area contributed by atoms with Crippen LogP contribution in [0.25, 0.3) is 0 Å². The maximum Gasteiger partial charge on any atom is 0.115 e. The summed E-state index contributed by atoms with van der Waals surface area (Å²) in [5.41, 5.74) is 8.31. The standard InChI is InChI=1S/C11H18N4.ClH/c1-11(2,12)7-15-4-3-9-5-13-8-14-10(9)6-15;/h5,8H,3-4,6-7,12H2,1-2H3;1H. The third-order valence-corrected chi connectivity index (χ3v) is 2.58. The van der Waals surface area contributed by atoms with Gasteiger partial charge in [0.15, 0.2) is 0 Å². The van der Waals surface area contributed by atoms with E-state index in [9.17, 15) is 0 Å². The summed E-state index contributed by atoms with van der Waals surface area (Å²) < 4.78 is 0. The summed E-state index contributed by atoms with van der Waals surface area (Å²) in [5, 5.41) is 0. The molecule has 0 unspecified atom stereocenters. The van der Waals surface area contributed by atoms with Crippen molar-refractivity contribution in [1.82, 2.24) is 14.9 Å². The Balaban J connectivity index is 0.00000128. The smallest absolute Gasteiger partial charge is 0.115 e. The van der Waals surface area contributed by atoms with Gasteiger partial charge in [-0.15, -0.1) is 12.4 Å². The van der Waals surface area contributed by atoms with Gasteiger partial charge in [-0.05, 0) is 25.8 Å². The van der Waals surface area contributed by atoms with E-state index < -0.39 is 0 Å². The number of rotatable bonds is 2. The van der Waals surface area contributed by atoms with E-state index in [1.165, 1.54) is 5.56 Å². The molecule has 0 atom stereocenters. The zero-order valence-corrected chi connectivity index (χ0v) is 10.6. The van der Waals surface area contributed by atoms with E-state index in [0.29, 0.717) is 0 Å². The number of hydrogen-bond acceptors (Lipinski definition) is 4. The molecule has 90 valence electrons. The maximum absolute atomic E-state index is 6.01. The lowest BCUT2D eigenvalue weighted by Crippen LogP contribution is -2.47. The van der Waals surface area contributed by atoms with Gasteiger partial charge in [0.25, 0.3) is 0 Å². The van der Waals surface area contributed by atoms with Gasteiger partial charge in [-0.3, -0.25) is 4.90 Å². The maximum atomic E-state index is 6.01. The molecular formula is C11H19ClN4. The summed E-state index contributed by atoms with van der Waals surface area (Å²) >= 11 is 0. The molecule has 0 radical (unpaired) electrons. The molecule has 1 aromatic heterocycles. The minimum absolute atomic E-state index is 0. The second-order valence-electron chi connectivity index (χ2n) is 4.94. The highest BCUT2D eigenvalue weighted by molar-refractivity contribution is 5.85. The average molecular weight is 243 g/mol. The van der Waals surface area contributed by atoms with Crippen molar-refractivity contribution >= 4 is 12.4 Å². The number of aromatic nitrogens is 2. The van der Waals surface area contributed by atoms with Crippen LogP contribution >= 0.6 is 12.4 Å². The number of nitrogens with zero attached hydrogens (tertiary/aromatic N) is 3. The van der Waals surface area contributed by atoms with Gasteiger partial charge in [0, 0.05) is 31.4 Å². The third-order valence-electron chi connectivity index (χ3n) is 2.58. The van der Waals surface area contributed by atoms with Gasteiger partial charge in [0.05, 0.1) is 5.69 Å². The van der Waals surface area contributed by atoms with E-state index in [4.69, 9.17) is 5.73 Å². The first kappa shape index (κ1) is 13.4. The molecule has 0 saturated carbocycles. The fraction of sp³-hybridized carbons (Fsp3) is 0.636. The Morgan fingerprint density at radius 3 is 2.94 bits per heavy atom. The number of nitrogens with two attached hydrogens (primary N) is 1. The molecule has 1 aromatic rings. The lowest BCUT2D eigenvalue weighted by molar-refractivity contribution is 0.206. The molecule has 2 N–H and O–H groups in total. The molecule has 2 heterocycles. The van der Waals surface area contributed by atoms with Crippen molar-refractivity contribution < 1.29 is 0 Å². The van der Waals surface area contributed by atoms with Gasteiger partial charge < -0.3 is 5.73 Å². The Bertz CT molecular complexity index is 348. The molecule has 0 amide bonds. The highest BCUT2D eigenvalue weighted by Crippen LogP contribution is 2.16. The zero-order chi connectivity index (χ0) is 10.9. The predicted molar refractivity (Wildman–Crippen MR) is 66.5 cm³/mol. The highest BCUT2D eigenvalue weighted by Gasteiger charge is 2.21. The average Bonchev–Trinajstić information content (AvgIpc) is 2.15. The second-order valence-corrected chi connectivity index (χ2v) is 4.94. The first-order valence-corrected chi connectivity index (χ1v) is 5.33. The molecule has 1 aliphatic rings. The fourth-order valence-electron chi connectivity index (χ4n) is 2.02. The van der Waals surface area contributed by atoms with Gasteiger partial charge >= 0.3 is 0 Å². The summed E-state index contributed by atoms with van der Waals surface area (Å²) in [6.07, 6.45) is 4.58.